The van der Waals surface area contributed by atoms with Gasteiger partial charge in [-0.15, -0.1) is 0 Å². The number of aryl methyl sites for hydroxylation is 1. The number of hydrogen-bond donors (Lipinski definition) is 0. The molecule has 0 radical (unpaired) electrons. The molecule has 0 unspecified atom stereocenters. The number of aromatic nitrogens is 1. The van der Waals surface area contributed by atoms with Gasteiger partial charge in [0.05, 0.1) is 23.6 Å². The van der Waals surface area contributed by atoms with E-state index in [2.05, 4.69) is 4.98 Å². The summed E-state index contributed by atoms with van der Waals surface area (Å²) in [4.78, 5) is 32.8. The van der Waals surface area contributed by atoms with Crippen molar-refractivity contribution < 1.29 is 18.3 Å². The zero-order valence-electron chi connectivity index (χ0n) is 17.5. The Balaban J connectivity index is 1.80. The topological polar surface area (TPSA) is 72.6 Å². The smallest absolute Gasteiger partial charge is 0.296 e. The highest BCUT2D eigenvalue weighted by Crippen LogP contribution is 2.41. The first kappa shape index (κ1) is 19.9. The van der Waals surface area contributed by atoms with Crippen molar-refractivity contribution in [3.05, 3.63) is 99.3 Å². The Labute approximate surface area is 182 Å². The number of anilines is 1. The maximum Gasteiger partial charge on any atom is 0.296 e. The summed E-state index contributed by atoms with van der Waals surface area (Å²) in [5.74, 6) is -0.0965. The molecule has 0 bridgehead atoms. The van der Waals surface area contributed by atoms with Gasteiger partial charge in [0.15, 0.2) is 5.43 Å². The van der Waals surface area contributed by atoms with Crippen LogP contribution in [0.3, 0.4) is 0 Å². The van der Waals surface area contributed by atoms with E-state index in [4.69, 9.17) is 9.15 Å². The van der Waals surface area contributed by atoms with Crippen molar-refractivity contribution in [1.82, 2.24) is 4.98 Å². The molecule has 32 heavy (non-hydrogen) atoms. The van der Waals surface area contributed by atoms with Gasteiger partial charge in [-0.3, -0.25) is 14.5 Å². The monoisotopic (exact) mass is 430 g/mol. The molecule has 0 aliphatic carbocycles. The van der Waals surface area contributed by atoms with Crippen LogP contribution in [0.2, 0.25) is 0 Å². The van der Waals surface area contributed by atoms with Gasteiger partial charge in [0.1, 0.15) is 23.0 Å². The summed E-state index contributed by atoms with van der Waals surface area (Å²) >= 11 is 0. The van der Waals surface area contributed by atoms with E-state index < -0.39 is 23.2 Å². The fourth-order valence-electron chi connectivity index (χ4n) is 4.09. The van der Waals surface area contributed by atoms with Crippen LogP contribution < -0.4 is 15.1 Å². The maximum atomic E-state index is 13.9. The van der Waals surface area contributed by atoms with Gasteiger partial charge in [0, 0.05) is 6.20 Å². The highest BCUT2D eigenvalue weighted by Gasteiger charge is 2.44. The van der Waals surface area contributed by atoms with Crippen molar-refractivity contribution in [2.45, 2.75) is 19.9 Å². The molecule has 6 nitrogen and oxygen atoms in total. The van der Waals surface area contributed by atoms with Crippen LogP contribution in [0.4, 0.5) is 10.2 Å². The fraction of sp³-hybridized carbons (Fsp3) is 0.160. The highest BCUT2D eigenvalue weighted by atomic mass is 19.1. The molecular weight excluding hydrogens is 411 g/mol. The van der Waals surface area contributed by atoms with E-state index in [-0.39, 0.29) is 22.3 Å². The molecule has 160 valence electrons. The van der Waals surface area contributed by atoms with Crippen LogP contribution in [-0.4, -0.2) is 17.5 Å². The van der Waals surface area contributed by atoms with E-state index in [1.165, 1.54) is 17.0 Å². The summed E-state index contributed by atoms with van der Waals surface area (Å²) in [5.41, 5.74) is 1.44. The second kappa shape index (κ2) is 7.60. The molecule has 2 aromatic carbocycles. The Morgan fingerprint density at radius 3 is 2.75 bits per heavy atom. The molecule has 1 aliphatic rings. The zero-order chi connectivity index (χ0) is 22.4. The first-order valence-corrected chi connectivity index (χ1v) is 10.2. The number of ether oxygens (including phenoxy) is 1. The average Bonchev–Trinajstić information content (AvgIpc) is 3.07. The summed E-state index contributed by atoms with van der Waals surface area (Å²) < 4.78 is 25.4. The zero-order valence-corrected chi connectivity index (χ0v) is 17.5. The standard InChI is InChI=1S/C25H19FN2O4/c1-3-31-17-6-4-5-15(12-17)22-21-23(29)18-13-16(26)7-8-19(18)32-24(21)25(30)28(22)20-11-14(2)9-10-27-20/h4-13,22H,3H2,1-2H3/t22-/m0/s1. The first-order chi connectivity index (χ1) is 15.5. The number of pyridine rings is 1. The third-order valence-corrected chi connectivity index (χ3v) is 5.46. The number of amides is 1. The minimum atomic E-state index is -0.795. The molecule has 1 aliphatic heterocycles. The number of carbonyl (C=O) groups excluding carboxylic acids is 1. The van der Waals surface area contributed by atoms with Crippen molar-refractivity contribution in [2.24, 2.45) is 0 Å². The Hall–Kier alpha value is -4.00. The summed E-state index contributed by atoms with van der Waals surface area (Å²) in [5, 5.41) is 0.0848. The Morgan fingerprint density at radius 2 is 1.97 bits per heavy atom. The molecular formula is C25H19FN2O4. The maximum absolute atomic E-state index is 13.9. The van der Waals surface area contributed by atoms with E-state index in [1.54, 1.807) is 30.5 Å². The van der Waals surface area contributed by atoms with Crippen LogP contribution in [0, 0.1) is 12.7 Å². The molecule has 7 heteroatoms. The van der Waals surface area contributed by atoms with Crippen LogP contribution in [0.15, 0.2) is 70.0 Å². The third kappa shape index (κ3) is 3.13. The predicted octanol–water partition coefficient (Wildman–Crippen LogP) is 4.78. The molecule has 0 fully saturated rings. The molecule has 2 aromatic heterocycles. The molecule has 1 atom stereocenters. The normalized spacial score (nSPS) is 15.3. The van der Waals surface area contributed by atoms with Gasteiger partial charge in [0.25, 0.3) is 5.91 Å². The number of hydrogen-bond acceptors (Lipinski definition) is 5. The minimum absolute atomic E-state index is 0.0655. The lowest BCUT2D eigenvalue weighted by Crippen LogP contribution is -2.30. The molecule has 1 amide bonds. The van der Waals surface area contributed by atoms with Crippen LogP contribution in [-0.2, 0) is 0 Å². The number of halogens is 1. The number of rotatable bonds is 4. The molecule has 3 heterocycles. The van der Waals surface area contributed by atoms with Crippen LogP contribution in [0.25, 0.3) is 11.0 Å². The van der Waals surface area contributed by atoms with Crippen LogP contribution in [0.1, 0.15) is 40.2 Å². The average molecular weight is 430 g/mol. The van der Waals surface area contributed by atoms with Gasteiger partial charge in [-0.2, -0.15) is 0 Å². The third-order valence-electron chi connectivity index (χ3n) is 5.46. The second-order valence-corrected chi connectivity index (χ2v) is 7.59. The molecule has 0 spiro atoms. The van der Waals surface area contributed by atoms with Gasteiger partial charge < -0.3 is 9.15 Å². The van der Waals surface area contributed by atoms with E-state index >= 15 is 0 Å². The lowest BCUT2D eigenvalue weighted by atomic mass is 9.98. The molecule has 0 saturated heterocycles. The summed E-state index contributed by atoms with van der Waals surface area (Å²) in [6.07, 6.45) is 1.61. The number of nitrogens with zero attached hydrogens (tertiary/aromatic N) is 2. The summed E-state index contributed by atoms with van der Waals surface area (Å²) in [6, 6.07) is 13.7. The molecule has 5 rings (SSSR count). The molecule has 4 aromatic rings. The van der Waals surface area contributed by atoms with Crippen LogP contribution >= 0.6 is 0 Å². The lowest BCUT2D eigenvalue weighted by Gasteiger charge is -2.24. The van der Waals surface area contributed by atoms with Crippen molar-refractivity contribution >= 4 is 22.7 Å². The summed E-state index contributed by atoms with van der Waals surface area (Å²) in [7, 11) is 0. The largest absolute Gasteiger partial charge is 0.494 e. The number of benzene rings is 2. The quantitative estimate of drug-likeness (QED) is 0.466. The summed E-state index contributed by atoms with van der Waals surface area (Å²) in [6.45, 7) is 4.24. The van der Waals surface area contributed by atoms with Crippen molar-refractivity contribution in [1.29, 1.82) is 0 Å². The fourth-order valence-corrected chi connectivity index (χ4v) is 4.09. The highest BCUT2D eigenvalue weighted by molar-refractivity contribution is 6.10. The van der Waals surface area contributed by atoms with Gasteiger partial charge in [0.2, 0.25) is 5.76 Å². The Morgan fingerprint density at radius 1 is 1.12 bits per heavy atom. The number of fused-ring (bicyclic) bond motifs is 2. The van der Waals surface area contributed by atoms with E-state index in [0.717, 1.165) is 11.6 Å². The van der Waals surface area contributed by atoms with Crippen molar-refractivity contribution in [3.8, 4) is 5.75 Å². The first-order valence-electron chi connectivity index (χ1n) is 10.2. The molecule has 0 N–H and O–H groups in total. The van der Waals surface area contributed by atoms with Crippen molar-refractivity contribution in [2.75, 3.05) is 11.5 Å². The van der Waals surface area contributed by atoms with E-state index in [0.29, 0.717) is 23.7 Å². The Bertz CT molecular complexity index is 1430. The second-order valence-electron chi connectivity index (χ2n) is 7.59. The van der Waals surface area contributed by atoms with Gasteiger partial charge >= 0.3 is 0 Å². The van der Waals surface area contributed by atoms with Gasteiger partial charge in [-0.1, -0.05) is 12.1 Å². The molecule has 0 saturated carbocycles. The van der Waals surface area contributed by atoms with E-state index in [1.807, 2.05) is 26.0 Å². The van der Waals surface area contributed by atoms with Gasteiger partial charge in [-0.05, 0) is 67.4 Å². The van der Waals surface area contributed by atoms with Crippen molar-refractivity contribution in [3.63, 3.8) is 0 Å². The van der Waals surface area contributed by atoms with Gasteiger partial charge in [-0.25, -0.2) is 9.37 Å². The number of carbonyl (C=O) groups is 1. The lowest BCUT2D eigenvalue weighted by molar-refractivity contribution is 0.0970. The van der Waals surface area contributed by atoms with E-state index in [9.17, 15) is 14.0 Å². The minimum Gasteiger partial charge on any atom is -0.494 e. The Kier molecular flexibility index (Phi) is 4.74. The predicted molar refractivity (Wildman–Crippen MR) is 118 cm³/mol. The SMILES string of the molecule is CCOc1cccc([C@H]2c3c(oc4ccc(F)cc4c3=O)C(=O)N2c2cc(C)ccn2)c1. The van der Waals surface area contributed by atoms with Crippen LogP contribution in [0.5, 0.6) is 5.75 Å².